The van der Waals surface area contributed by atoms with Gasteiger partial charge in [-0.3, -0.25) is 4.79 Å². The largest absolute Gasteiger partial charge is 0.507 e. The first-order valence-electron chi connectivity index (χ1n) is 4.49. The van der Waals surface area contributed by atoms with Crippen molar-refractivity contribution < 1.29 is 14.6 Å². The van der Waals surface area contributed by atoms with Gasteiger partial charge in [-0.15, -0.1) is 0 Å². The van der Waals surface area contributed by atoms with Crippen LogP contribution in [0.1, 0.15) is 11.3 Å². The zero-order valence-corrected chi connectivity index (χ0v) is 8.15. The van der Waals surface area contributed by atoms with Crippen LogP contribution in [0.25, 0.3) is 11.0 Å². The number of fused-ring (bicyclic) bond motifs is 1. The summed E-state index contributed by atoms with van der Waals surface area (Å²) in [5.41, 5.74) is 0.558. The molecule has 2 aromatic rings. The Morgan fingerprint density at radius 2 is 2.13 bits per heavy atom. The van der Waals surface area contributed by atoms with Crippen molar-refractivity contribution in [2.24, 2.45) is 0 Å². The average molecular weight is 206 g/mol. The topological polar surface area (TPSA) is 70.7 Å². The molecule has 0 saturated heterocycles. The second kappa shape index (κ2) is 3.40. The minimum absolute atomic E-state index is 0.0641. The van der Waals surface area contributed by atoms with Crippen molar-refractivity contribution in [1.29, 1.82) is 0 Å². The molecule has 4 heteroatoms. The molecule has 0 aliphatic carbocycles. The number of phenols is 1. The highest BCUT2D eigenvalue weighted by Crippen LogP contribution is 2.25. The number of aliphatic hydroxyl groups excluding tert-OH is 1. The third-order valence-electron chi connectivity index (χ3n) is 2.28. The summed E-state index contributed by atoms with van der Waals surface area (Å²) >= 11 is 0. The molecule has 0 atom stereocenters. The lowest BCUT2D eigenvalue weighted by Crippen LogP contribution is -2.02. The Hall–Kier alpha value is -1.81. The highest BCUT2D eigenvalue weighted by molar-refractivity contribution is 5.84. The summed E-state index contributed by atoms with van der Waals surface area (Å²) in [7, 11) is 0. The smallest absolute Gasteiger partial charge is 0.196 e. The van der Waals surface area contributed by atoms with Crippen molar-refractivity contribution in [2.75, 3.05) is 0 Å². The monoisotopic (exact) mass is 206 g/mol. The minimum atomic E-state index is -0.346. The molecular formula is C11H10O4. The molecule has 0 bridgehead atoms. The van der Waals surface area contributed by atoms with E-state index in [4.69, 9.17) is 9.52 Å². The number of aromatic hydroxyl groups is 1. The number of rotatable bonds is 1. The van der Waals surface area contributed by atoms with E-state index in [0.717, 1.165) is 0 Å². The van der Waals surface area contributed by atoms with Crippen LogP contribution in [0.15, 0.2) is 27.4 Å². The van der Waals surface area contributed by atoms with Gasteiger partial charge in [-0.25, -0.2) is 0 Å². The van der Waals surface area contributed by atoms with E-state index in [1.54, 1.807) is 19.1 Å². The van der Waals surface area contributed by atoms with Crippen LogP contribution in [0.3, 0.4) is 0 Å². The van der Waals surface area contributed by atoms with E-state index in [9.17, 15) is 9.90 Å². The number of benzene rings is 1. The van der Waals surface area contributed by atoms with Crippen LogP contribution in [-0.2, 0) is 6.61 Å². The van der Waals surface area contributed by atoms with Gasteiger partial charge in [0.2, 0.25) is 0 Å². The van der Waals surface area contributed by atoms with Crippen LogP contribution >= 0.6 is 0 Å². The molecule has 0 aliphatic rings. The van der Waals surface area contributed by atoms with Crippen LogP contribution in [-0.4, -0.2) is 10.2 Å². The van der Waals surface area contributed by atoms with Gasteiger partial charge in [-0.05, 0) is 18.6 Å². The Balaban J connectivity index is 2.92. The fourth-order valence-electron chi connectivity index (χ4n) is 1.47. The summed E-state index contributed by atoms with van der Waals surface area (Å²) in [4.78, 5) is 11.6. The van der Waals surface area contributed by atoms with Gasteiger partial charge in [-0.2, -0.15) is 0 Å². The highest BCUT2D eigenvalue weighted by atomic mass is 16.4. The first kappa shape index (κ1) is 9.73. The number of phenolic OH excluding ortho intramolecular Hbond substituents is 1. The molecule has 2 rings (SSSR count). The normalized spacial score (nSPS) is 10.8. The maximum Gasteiger partial charge on any atom is 0.196 e. The summed E-state index contributed by atoms with van der Waals surface area (Å²) in [6, 6.07) is 4.44. The zero-order chi connectivity index (χ0) is 11.0. The van der Waals surface area contributed by atoms with Crippen molar-refractivity contribution in [3.8, 4) is 5.75 Å². The molecule has 1 aromatic carbocycles. The fourth-order valence-corrected chi connectivity index (χ4v) is 1.47. The number of hydrogen-bond donors (Lipinski definition) is 2. The molecule has 0 unspecified atom stereocenters. The predicted octanol–water partition coefficient (Wildman–Crippen LogP) is 1.30. The summed E-state index contributed by atoms with van der Waals surface area (Å²) in [6.07, 6.45) is 0. The van der Waals surface area contributed by atoms with E-state index < -0.39 is 0 Å². The van der Waals surface area contributed by atoms with Gasteiger partial charge < -0.3 is 14.6 Å². The number of aryl methyl sites for hydroxylation is 1. The van der Waals surface area contributed by atoms with Gasteiger partial charge in [0.25, 0.3) is 0 Å². The summed E-state index contributed by atoms with van der Waals surface area (Å²) < 4.78 is 5.22. The Bertz CT molecular complexity index is 569. The van der Waals surface area contributed by atoms with Crippen molar-refractivity contribution in [3.05, 3.63) is 39.7 Å². The molecule has 4 nitrogen and oxygen atoms in total. The highest BCUT2D eigenvalue weighted by Gasteiger charge is 2.10. The molecule has 0 aliphatic heterocycles. The van der Waals surface area contributed by atoms with E-state index in [0.29, 0.717) is 5.56 Å². The third kappa shape index (κ3) is 1.49. The van der Waals surface area contributed by atoms with Crippen LogP contribution in [0, 0.1) is 6.92 Å². The quantitative estimate of drug-likeness (QED) is 0.737. The van der Waals surface area contributed by atoms with Gasteiger partial charge in [-0.1, -0.05) is 6.07 Å². The van der Waals surface area contributed by atoms with Crippen LogP contribution < -0.4 is 5.43 Å². The molecule has 0 radical (unpaired) electrons. The van der Waals surface area contributed by atoms with Crippen molar-refractivity contribution in [2.45, 2.75) is 13.5 Å². The lowest BCUT2D eigenvalue weighted by atomic mass is 10.1. The van der Waals surface area contributed by atoms with E-state index in [2.05, 4.69) is 0 Å². The summed E-state index contributed by atoms with van der Waals surface area (Å²) in [5, 5.41) is 18.7. The molecule has 1 heterocycles. The van der Waals surface area contributed by atoms with Gasteiger partial charge >= 0.3 is 0 Å². The van der Waals surface area contributed by atoms with E-state index in [1.165, 1.54) is 6.07 Å². The third-order valence-corrected chi connectivity index (χ3v) is 2.28. The first-order chi connectivity index (χ1) is 7.13. The second-order valence-electron chi connectivity index (χ2n) is 3.34. The van der Waals surface area contributed by atoms with Gasteiger partial charge in [0, 0.05) is 6.07 Å². The summed E-state index contributed by atoms with van der Waals surface area (Å²) in [5.74, 6) is 0.126. The molecule has 2 N–H and O–H groups in total. The summed E-state index contributed by atoms with van der Waals surface area (Å²) in [6.45, 7) is 1.37. The van der Waals surface area contributed by atoms with E-state index >= 15 is 0 Å². The molecule has 78 valence electrons. The second-order valence-corrected chi connectivity index (χ2v) is 3.34. The lowest BCUT2D eigenvalue weighted by Gasteiger charge is -2.03. The fraction of sp³-hybridized carbons (Fsp3) is 0.182. The maximum absolute atomic E-state index is 11.6. The average Bonchev–Trinajstić information content (AvgIpc) is 2.23. The Labute approximate surface area is 85.4 Å². The van der Waals surface area contributed by atoms with Gasteiger partial charge in [0.05, 0.1) is 0 Å². The van der Waals surface area contributed by atoms with Crippen LogP contribution in [0.5, 0.6) is 5.75 Å². The molecule has 0 fully saturated rings. The molecule has 0 spiro atoms. The van der Waals surface area contributed by atoms with Gasteiger partial charge in [0.1, 0.15) is 29.1 Å². The Morgan fingerprint density at radius 3 is 2.80 bits per heavy atom. The number of hydrogen-bond acceptors (Lipinski definition) is 4. The maximum atomic E-state index is 11.6. The first-order valence-corrected chi connectivity index (χ1v) is 4.49. The van der Waals surface area contributed by atoms with Crippen LogP contribution in [0.2, 0.25) is 0 Å². The van der Waals surface area contributed by atoms with Gasteiger partial charge in [0.15, 0.2) is 5.43 Å². The molecule has 1 aromatic heterocycles. The molecule has 15 heavy (non-hydrogen) atoms. The molecule has 0 saturated carbocycles. The molecule has 0 amide bonds. The van der Waals surface area contributed by atoms with Crippen molar-refractivity contribution in [3.63, 3.8) is 0 Å². The van der Waals surface area contributed by atoms with E-state index in [-0.39, 0.29) is 34.5 Å². The SMILES string of the molecule is Cc1ccc2oc(CO)cc(=O)c2c1O. The minimum Gasteiger partial charge on any atom is -0.507 e. The standard InChI is InChI=1S/C11H10O4/c1-6-2-3-9-10(11(6)14)8(13)4-7(5-12)15-9/h2-4,12,14H,5H2,1H3. The van der Waals surface area contributed by atoms with E-state index in [1.807, 2.05) is 0 Å². The number of aliphatic hydroxyl groups is 1. The predicted molar refractivity (Wildman–Crippen MR) is 54.8 cm³/mol. The zero-order valence-electron chi connectivity index (χ0n) is 8.15. The molecular weight excluding hydrogens is 196 g/mol. The lowest BCUT2D eigenvalue weighted by molar-refractivity contribution is 0.248. The Morgan fingerprint density at radius 1 is 1.40 bits per heavy atom. The Kier molecular flexibility index (Phi) is 2.21. The van der Waals surface area contributed by atoms with Crippen molar-refractivity contribution in [1.82, 2.24) is 0 Å². The van der Waals surface area contributed by atoms with Crippen molar-refractivity contribution >= 4 is 11.0 Å². The van der Waals surface area contributed by atoms with Crippen LogP contribution in [0.4, 0.5) is 0 Å².